The molecule has 0 aliphatic carbocycles. The van der Waals surface area contributed by atoms with Crippen molar-refractivity contribution in [2.24, 2.45) is 0 Å². The van der Waals surface area contributed by atoms with Gasteiger partial charge in [-0.05, 0) is 69.7 Å². The van der Waals surface area contributed by atoms with E-state index >= 15 is 0 Å². The summed E-state index contributed by atoms with van der Waals surface area (Å²) in [5.74, 6) is 1.31. The number of nitrogens with zero attached hydrogens (tertiary/aromatic N) is 1. The molecule has 0 saturated heterocycles. The third kappa shape index (κ3) is 10.3. The molecule has 0 heterocycles. The van der Waals surface area contributed by atoms with Crippen LogP contribution in [0.25, 0.3) is 0 Å². The smallest absolute Gasteiger partial charge is 0.180 e. The quantitative estimate of drug-likeness (QED) is 0.334. The minimum atomic E-state index is 0. The second-order valence-electron chi connectivity index (χ2n) is 7.17. The molecule has 0 fully saturated rings. The number of ether oxygens (including phenoxy) is 2. The van der Waals surface area contributed by atoms with E-state index in [2.05, 4.69) is 55.3 Å². The molecule has 4 nitrogen and oxygen atoms in total. The van der Waals surface area contributed by atoms with Crippen molar-refractivity contribution in [2.75, 3.05) is 32.8 Å². The Morgan fingerprint density at radius 1 is 0.935 bits per heavy atom. The molecule has 0 aliphatic rings. The lowest BCUT2D eigenvalue weighted by Crippen LogP contribution is -2.27. The molecule has 0 aliphatic heterocycles. The minimum absolute atomic E-state index is 0. The molecule has 0 spiro atoms. The Hall–Kier alpha value is -1.17. The standard InChI is InChI=1S/C24H35ClN2O2.2ClH/c1-5-27(6-2)14-8-13-26-17-21-15-22(25)24(23(16-21)28-7-3)29-18-20-11-9-19(4)10-12-20;;/h9-12,15-16,26H,5-8,13-14,17-18H2,1-4H3;2*1H. The Balaban J connectivity index is 0.00000450. The fraction of sp³-hybridized carbons (Fsp3) is 0.500. The van der Waals surface area contributed by atoms with E-state index in [4.69, 9.17) is 21.1 Å². The normalized spacial score (nSPS) is 10.4. The monoisotopic (exact) mass is 490 g/mol. The topological polar surface area (TPSA) is 33.7 Å². The van der Waals surface area contributed by atoms with Crippen molar-refractivity contribution in [3.8, 4) is 11.5 Å². The summed E-state index contributed by atoms with van der Waals surface area (Å²) in [5.41, 5.74) is 3.44. The summed E-state index contributed by atoms with van der Waals surface area (Å²) in [6.07, 6.45) is 1.13. The van der Waals surface area contributed by atoms with Gasteiger partial charge in [0.05, 0.1) is 11.6 Å². The lowest BCUT2D eigenvalue weighted by atomic mass is 10.1. The van der Waals surface area contributed by atoms with Crippen molar-refractivity contribution < 1.29 is 9.47 Å². The molecule has 0 unspecified atom stereocenters. The highest BCUT2D eigenvalue weighted by Gasteiger charge is 2.13. The molecule has 0 radical (unpaired) electrons. The van der Waals surface area contributed by atoms with Crippen LogP contribution in [-0.2, 0) is 13.2 Å². The Morgan fingerprint density at radius 3 is 2.23 bits per heavy atom. The van der Waals surface area contributed by atoms with Gasteiger partial charge in [0.25, 0.3) is 0 Å². The van der Waals surface area contributed by atoms with Gasteiger partial charge in [0, 0.05) is 6.54 Å². The van der Waals surface area contributed by atoms with Gasteiger partial charge >= 0.3 is 0 Å². The van der Waals surface area contributed by atoms with Gasteiger partial charge in [-0.25, -0.2) is 0 Å². The van der Waals surface area contributed by atoms with E-state index < -0.39 is 0 Å². The number of aryl methyl sites for hydroxylation is 1. The van der Waals surface area contributed by atoms with E-state index in [0.717, 1.165) is 50.3 Å². The van der Waals surface area contributed by atoms with Gasteiger partial charge in [0.1, 0.15) is 6.61 Å². The van der Waals surface area contributed by atoms with E-state index in [9.17, 15) is 0 Å². The van der Waals surface area contributed by atoms with Gasteiger partial charge in [0.15, 0.2) is 11.5 Å². The Labute approximate surface area is 205 Å². The maximum Gasteiger partial charge on any atom is 0.180 e. The van der Waals surface area contributed by atoms with Gasteiger partial charge in [-0.15, -0.1) is 24.8 Å². The lowest BCUT2D eigenvalue weighted by Gasteiger charge is -2.18. The van der Waals surface area contributed by atoms with Crippen molar-refractivity contribution >= 4 is 36.4 Å². The summed E-state index contributed by atoms with van der Waals surface area (Å²) in [7, 11) is 0. The third-order valence-electron chi connectivity index (χ3n) is 4.92. The van der Waals surface area contributed by atoms with Crippen LogP contribution in [0.4, 0.5) is 0 Å². The first kappa shape index (κ1) is 29.8. The predicted molar refractivity (Wildman–Crippen MR) is 137 cm³/mol. The molecule has 1 N–H and O–H groups in total. The number of rotatable bonds is 13. The maximum atomic E-state index is 6.54. The van der Waals surface area contributed by atoms with Crippen molar-refractivity contribution in [3.63, 3.8) is 0 Å². The molecule has 7 heteroatoms. The summed E-state index contributed by atoms with van der Waals surface area (Å²) in [6, 6.07) is 12.3. The van der Waals surface area contributed by atoms with Crippen molar-refractivity contribution in [1.29, 1.82) is 0 Å². The van der Waals surface area contributed by atoms with E-state index in [1.165, 1.54) is 5.56 Å². The summed E-state index contributed by atoms with van der Waals surface area (Å²) in [4.78, 5) is 2.44. The Kier molecular flexibility index (Phi) is 15.8. The van der Waals surface area contributed by atoms with Gasteiger partial charge in [-0.1, -0.05) is 55.3 Å². The second-order valence-corrected chi connectivity index (χ2v) is 7.58. The second kappa shape index (κ2) is 16.5. The van der Waals surface area contributed by atoms with Gasteiger partial charge in [-0.3, -0.25) is 0 Å². The first-order chi connectivity index (χ1) is 14.1. The molecular weight excluding hydrogens is 455 g/mol. The summed E-state index contributed by atoms with van der Waals surface area (Å²) >= 11 is 6.54. The predicted octanol–water partition coefficient (Wildman–Crippen LogP) is 6.29. The van der Waals surface area contributed by atoms with Crippen LogP contribution in [0.1, 0.15) is 43.9 Å². The zero-order valence-corrected chi connectivity index (χ0v) is 21.5. The minimum Gasteiger partial charge on any atom is -0.490 e. The fourth-order valence-corrected chi connectivity index (χ4v) is 3.45. The SMILES string of the molecule is CCOc1cc(CNCCCN(CC)CC)cc(Cl)c1OCc1ccc(C)cc1.Cl.Cl. The molecular formula is C24H37Cl3N2O2. The summed E-state index contributed by atoms with van der Waals surface area (Å²) in [6.45, 7) is 14.5. The van der Waals surface area contributed by atoms with Crippen LogP contribution in [0.15, 0.2) is 36.4 Å². The maximum absolute atomic E-state index is 6.54. The van der Waals surface area contributed by atoms with Crippen LogP contribution in [0, 0.1) is 6.92 Å². The first-order valence-electron chi connectivity index (χ1n) is 10.6. The molecule has 0 saturated carbocycles. The lowest BCUT2D eigenvalue weighted by molar-refractivity contribution is 0.269. The molecule has 31 heavy (non-hydrogen) atoms. The van der Waals surface area contributed by atoms with Crippen LogP contribution >= 0.6 is 36.4 Å². The Bertz CT molecular complexity index is 738. The van der Waals surface area contributed by atoms with Crippen LogP contribution in [-0.4, -0.2) is 37.7 Å². The third-order valence-corrected chi connectivity index (χ3v) is 5.21. The van der Waals surface area contributed by atoms with E-state index in [1.54, 1.807) is 0 Å². The summed E-state index contributed by atoms with van der Waals surface area (Å²) in [5, 5.41) is 4.09. The van der Waals surface area contributed by atoms with Crippen molar-refractivity contribution in [3.05, 3.63) is 58.1 Å². The zero-order chi connectivity index (χ0) is 21.1. The van der Waals surface area contributed by atoms with Crippen LogP contribution < -0.4 is 14.8 Å². The molecule has 0 atom stereocenters. The average Bonchev–Trinajstić information content (AvgIpc) is 2.71. The fourth-order valence-electron chi connectivity index (χ4n) is 3.17. The van der Waals surface area contributed by atoms with Gasteiger partial charge in [0.2, 0.25) is 0 Å². The van der Waals surface area contributed by atoms with Gasteiger partial charge < -0.3 is 19.7 Å². The van der Waals surface area contributed by atoms with Gasteiger partial charge in [-0.2, -0.15) is 0 Å². The molecule has 0 aromatic heterocycles. The van der Waals surface area contributed by atoms with E-state index in [0.29, 0.717) is 29.7 Å². The Morgan fingerprint density at radius 2 is 1.61 bits per heavy atom. The van der Waals surface area contributed by atoms with E-state index in [-0.39, 0.29) is 24.8 Å². The van der Waals surface area contributed by atoms with E-state index in [1.807, 2.05) is 19.1 Å². The van der Waals surface area contributed by atoms with Crippen LogP contribution in [0.2, 0.25) is 5.02 Å². The zero-order valence-electron chi connectivity index (χ0n) is 19.1. The number of hydrogen-bond acceptors (Lipinski definition) is 4. The van der Waals surface area contributed by atoms with Crippen molar-refractivity contribution in [1.82, 2.24) is 10.2 Å². The largest absolute Gasteiger partial charge is 0.490 e. The highest BCUT2D eigenvalue weighted by Crippen LogP contribution is 2.37. The number of nitrogens with one attached hydrogen (secondary N) is 1. The molecule has 0 bridgehead atoms. The number of hydrogen-bond donors (Lipinski definition) is 1. The van der Waals surface area contributed by atoms with Crippen molar-refractivity contribution in [2.45, 2.75) is 47.3 Å². The number of halogens is 3. The highest BCUT2D eigenvalue weighted by atomic mass is 35.5. The first-order valence-corrected chi connectivity index (χ1v) is 11.0. The molecule has 2 aromatic carbocycles. The molecule has 2 rings (SSSR count). The van der Waals surface area contributed by atoms with Crippen LogP contribution in [0.5, 0.6) is 11.5 Å². The average molecular weight is 492 g/mol. The summed E-state index contributed by atoms with van der Waals surface area (Å²) < 4.78 is 11.8. The number of benzene rings is 2. The molecule has 0 amide bonds. The highest BCUT2D eigenvalue weighted by molar-refractivity contribution is 6.32. The van der Waals surface area contributed by atoms with Crippen LogP contribution in [0.3, 0.4) is 0 Å². The molecule has 2 aromatic rings. The molecule has 176 valence electrons.